The highest BCUT2D eigenvalue weighted by atomic mass is 16.3. The maximum atomic E-state index is 12.1. The van der Waals surface area contributed by atoms with Crippen molar-refractivity contribution in [2.75, 3.05) is 19.6 Å². The molecule has 0 bridgehead atoms. The van der Waals surface area contributed by atoms with Crippen molar-refractivity contribution in [1.29, 1.82) is 0 Å². The van der Waals surface area contributed by atoms with Gasteiger partial charge in [0.15, 0.2) is 0 Å². The molecule has 1 aromatic heterocycles. The van der Waals surface area contributed by atoms with Crippen LogP contribution in [-0.4, -0.2) is 36.6 Å². The molecule has 1 saturated carbocycles. The summed E-state index contributed by atoms with van der Waals surface area (Å²) in [6.07, 6.45) is 10.1. The SMILES string of the molecule is O=C(NC[C@@H](c1ccco1)N1CCCC1)NC1CCCCC1. The summed E-state index contributed by atoms with van der Waals surface area (Å²) in [5.74, 6) is 0.944. The lowest BCUT2D eigenvalue weighted by Gasteiger charge is -2.27. The van der Waals surface area contributed by atoms with E-state index in [1.165, 1.54) is 32.1 Å². The van der Waals surface area contributed by atoms with E-state index in [1.807, 2.05) is 12.1 Å². The number of carbonyl (C=O) groups is 1. The van der Waals surface area contributed by atoms with Crippen LogP contribution in [0.3, 0.4) is 0 Å². The first kappa shape index (κ1) is 15.4. The van der Waals surface area contributed by atoms with E-state index < -0.39 is 0 Å². The Morgan fingerprint density at radius 1 is 1.23 bits per heavy atom. The van der Waals surface area contributed by atoms with Gasteiger partial charge < -0.3 is 15.1 Å². The van der Waals surface area contributed by atoms with E-state index in [-0.39, 0.29) is 12.1 Å². The predicted molar refractivity (Wildman–Crippen MR) is 85.7 cm³/mol. The summed E-state index contributed by atoms with van der Waals surface area (Å²) in [7, 11) is 0. The van der Waals surface area contributed by atoms with Crippen molar-refractivity contribution in [2.24, 2.45) is 0 Å². The zero-order valence-corrected chi connectivity index (χ0v) is 13.2. The van der Waals surface area contributed by atoms with Crippen molar-refractivity contribution in [3.63, 3.8) is 0 Å². The van der Waals surface area contributed by atoms with Gasteiger partial charge in [0.25, 0.3) is 0 Å². The van der Waals surface area contributed by atoms with Gasteiger partial charge in [-0.05, 0) is 50.9 Å². The number of carbonyl (C=O) groups excluding carboxylic acids is 1. The molecule has 2 N–H and O–H groups in total. The number of furan rings is 1. The van der Waals surface area contributed by atoms with Gasteiger partial charge >= 0.3 is 6.03 Å². The van der Waals surface area contributed by atoms with Gasteiger partial charge in [-0.3, -0.25) is 4.90 Å². The molecule has 2 heterocycles. The quantitative estimate of drug-likeness (QED) is 0.879. The monoisotopic (exact) mass is 305 g/mol. The highest BCUT2D eigenvalue weighted by molar-refractivity contribution is 5.74. The Morgan fingerprint density at radius 2 is 2.00 bits per heavy atom. The third-order valence-corrected chi connectivity index (χ3v) is 4.85. The maximum Gasteiger partial charge on any atom is 0.315 e. The maximum absolute atomic E-state index is 12.1. The minimum atomic E-state index is -0.0392. The fourth-order valence-electron chi connectivity index (χ4n) is 3.62. The fourth-order valence-corrected chi connectivity index (χ4v) is 3.62. The van der Waals surface area contributed by atoms with Crippen molar-refractivity contribution in [1.82, 2.24) is 15.5 Å². The molecule has 5 heteroatoms. The van der Waals surface area contributed by atoms with Gasteiger partial charge in [-0.15, -0.1) is 0 Å². The van der Waals surface area contributed by atoms with Crippen LogP contribution in [0, 0.1) is 0 Å². The van der Waals surface area contributed by atoms with Crippen LogP contribution in [-0.2, 0) is 0 Å². The molecule has 1 aromatic rings. The molecular formula is C17H27N3O2. The van der Waals surface area contributed by atoms with Crippen molar-refractivity contribution in [3.05, 3.63) is 24.2 Å². The van der Waals surface area contributed by atoms with E-state index in [9.17, 15) is 4.79 Å². The van der Waals surface area contributed by atoms with E-state index in [0.717, 1.165) is 31.7 Å². The lowest BCUT2D eigenvalue weighted by molar-refractivity contribution is 0.200. The summed E-state index contributed by atoms with van der Waals surface area (Å²) in [6, 6.07) is 4.38. The Kier molecular flexibility index (Phi) is 5.38. The largest absolute Gasteiger partial charge is 0.468 e. The van der Waals surface area contributed by atoms with Crippen LogP contribution in [0.25, 0.3) is 0 Å². The van der Waals surface area contributed by atoms with Gasteiger partial charge in [-0.2, -0.15) is 0 Å². The van der Waals surface area contributed by atoms with Crippen LogP contribution in [0.15, 0.2) is 22.8 Å². The average Bonchev–Trinajstić information content (AvgIpc) is 3.22. The molecule has 1 aliphatic carbocycles. The number of likely N-dealkylation sites (tertiary alicyclic amines) is 1. The molecule has 1 aliphatic heterocycles. The molecule has 1 saturated heterocycles. The van der Waals surface area contributed by atoms with E-state index in [4.69, 9.17) is 4.42 Å². The number of hydrogen-bond donors (Lipinski definition) is 2. The Balaban J connectivity index is 1.51. The molecule has 0 aromatic carbocycles. The van der Waals surface area contributed by atoms with Crippen LogP contribution in [0.4, 0.5) is 4.79 Å². The lowest BCUT2D eigenvalue weighted by atomic mass is 9.96. The highest BCUT2D eigenvalue weighted by Crippen LogP contribution is 2.25. The zero-order chi connectivity index (χ0) is 15.2. The summed E-state index contributed by atoms with van der Waals surface area (Å²) in [5, 5.41) is 6.15. The van der Waals surface area contributed by atoms with Gasteiger partial charge in [-0.25, -0.2) is 4.79 Å². The van der Waals surface area contributed by atoms with Crippen LogP contribution >= 0.6 is 0 Å². The molecule has 0 unspecified atom stereocenters. The molecule has 0 spiro atoms. The fraction of sp³-hybridized carbons (Fsp3) is 0.706. The summed E-state index contributed by atoms with van der Waals surface area (Å²) in [4.78, 5) is 14.5. The van der Waals surface area contributed by atoms with Crippen molar-refractivity contribution in [3.8, 4) is 0 Å². The molecule has 5 nitrogen and oxygen atoms in total. The number of urea groups is 1. The lowest BCUT2D eigenvalue weighted by Crippen LogP contribution is -2.45. The Labute approximate surface area is 132 Å². The second-order valence-electron chi connectivity index (χ2n) is 6.46. The summed E-state index contributed by atoms with van der Waals surface area (Å²) < 4.78 is 5.58. The second-order valence-corrected chi connectivity index (χ2v) is 6.46. The minimum absolute atomic E-state index is 0.0392. The molecule has 2 fully saturated rings. The van der Waals surface area contributed by atoms with Gasteiger partial charge in [0.05, 0.1) is 12.3 Å². The molecule has 0 radical (unpaired) electrons. The number of rotatable bonds is 5. The molecule has 1 atom stereocenters. The van der Waals surface area contributed by atoms with Crippen molar-refractivity contribution in [2.45, 2.75) is 57.0 Å². The second kappa shape index (κ2) is 7.68. The van der Waals surface area contributed by atoms with Gasteiger partial charge in [-0.1, -0.05) is 19.3 Å². The standard InChI is InChI=1S/C17H27N3O2/c21-17(19-14-7-2-1-3-8-14)18-13-15(16-9-6-12-22-16)20-10-4-5-11-20/h6,9,12,14-15H,1-5,7-8,10-11,13H2,(H2,18,19,21)/t15-/m0/s1. The third-order valence-electron chi connectivity index (χ3n) is 4.85. The summed E-state index contributed by atoms with van der Waals surface area (Å²) >= 11 is 0. The number of hydrogen-bond acceptors (Lipinski definition) is 3. The Morgan fingerprint density at radius 3 is 2.68 bits per heavy atom. The van der Waals surface area contributed by atoms with Crippen LogP contribution in [0.2, 0.25) is 0 Å². The van der Waals surface area contributed by atoms with Gasteiger partial charge in [0, 0.05) is 12.6 Å². The third kappa shape index (κ3) is 4.03. The van der Waals surface area contributed by atoms with Crippen molar-refractivity contribution < 1.29 is 9.21 Å². The van der Waals surface area contributed by atoms with E-state index in [0.29, 0.717) is 12.6 Å². The van der Waals surface area contributed by atoms with Gasteiger partial charge in [0.1, 0.15) is 5.76 Å². The van der Waals surface area contributed by atoms with Crippen LogP contribution in [0.5, 0.6) is 0 Å². The van der Waals surface area contributed by atoms with Crippen LogP contribution < -0.4 is 10.6 Å². The van der Waals surface area contributed by atoms with E-state index >= 15 is 0 Å². The van der Waals surface area contributed by atoms with Crippen LogP contribution in [0.1, 0.15) is 56.7 Å². The first-order chi connectivity index (χ1) is 10.8. The summed E-state index contributed by atoms with van der Waals surface area (Å²) in [6.45, 7) is 2.76. The molecular weight excluding hydrogens is 278 g/mol. The molecule has 122 valence electrons. The van der Waals surface area contributed by atoms with E-state index in [1.54, 1.807) is 6.26 Å². The first-order valence-electron chi connectivity index (χ1n) is 8.65. The summed E-state index contributed by atoms with van der Waals surface area (Å²) in [5.41, 5.74) is 0. The molecule has 2 aliphatic rings. The topological polar surface area (TPSA) is 57.5 Å². The number of nitrogens with one attached hydrogen (secondary N) is 2. The minimum Gasteiger partial charge on any atom is -0.468 e. The Bertz CT molecular complexity index is 448. The van der Waals surface area contributed by atoms with Gasteiger partial charge in [0.2, 0.25) is 0 Å². The average molecular weight is 305 g/mol. The molecule has 3 rings (SSSR count). The van der Waals surface area contributed by atoms with Crippen molar-refractivity contribution >= 4 is 6.03 Å². The smallest absolute Gasteiger partial charge is 0.315 e. The predicted octanol–water partition coefficient (Wildman–Crippen LogP) is 3.05. The zero-order valence-electron chi connectivity index (χ0n) is 13.2. The first-order valence-corrected chi connectivity index (χ1v) is 8.65. The Hall–Kier alpha value is -1.49. The number of nitrogens with zero attached hydrogens (tertiary/aromatic N) is 1. The molecule has 22 heavy (non-hydrogen) atoms. The molecule has 2 amide bonds. The number of amides is 2. The highest BCUT2D eigenvalue weighted by Gasteiger charge is 2.26. The normalized spacial score (nSPS) is 21.6. The van der Waals surface area contributed by atoms with E-state index in [2.05, 4.69) is 15.5 Å².